The minimum atomic E-state index is -0.438. The predicted octanol–water partition coefficient (Wildman–Crippen LogP) is 16.7. The molecule has 8 aliphatic rings. The van der Waals surface area contributed by atoms with Crippen LogP contribution in [0.2, 0.25) is 0 Å². The van der Waals surface area contributed by atoms with E-state index in [1.54, 1.807) is 11.1 Å². The molecule has 7 atom stereocenters. The largest absolute Gasteiger partial charge is 0.256 e. The molecule has 6 bridgehead atoms. The topological polar surface area (TPSA) is 51.6 Å². The molecule has 9 aromatic carbocycles. The Hall–Kier alpha value is -8.60. The van der Waals surface area contributed by atoms with E-state index < -0.39 is 5.41 Å². The van der Waals surface area contributed by atoms with Crippen LogP contribution >= 0.6 is 0 Å². The van der Waals surface area contributed by atoms with Crippen LogP contribution in [0.25, 0.3) is 89.6 Å². The molecule has 0 amide bonds. The summed E-state index contributed by atoms with van der Waals surface area (Å²) in [4.78, 5) is 20.2. The lowest BCUT2D eigenvalue weighted by atomic mass is 9.16. The number of fused-ring (bicyclic) bond motifs is 10. The minimum Gasteiger partial charge on any atom is -0.256 e. The molecule has 2 spiro atoms. The molecule has 364 valence electrons. The molecule has 0 aliphatic heterocycles. The lowest BCUT2D eigenvalue weighted by Gasteiger charge is -2.87. The summed E-state index contributed by atoms with van der Waals surface area (Å²) in [5.41, 5.74) is 23.2. The summed E-state index contributed by atoms with van der Waals surface area (Å²) in [6.07, 6.45) is 8.80. The molecule has 2 aromatic heterocycles. The zero-order valence-corrected chi connectivity index (χ0v) is 42.6. The number of pyridine rings is 1. The van der Waals surface area contributed by atoms with Crippen LogP contribution in [0.1, 0.15) is 65.5 Å². The lowest BCUT2D eigenvalue weighted by molar-refractivity contribution is -0.307. The van der Waals surface area contributed by atoms with Gasteiger partial charge in [-0.15, -0.1) is 0 Å². The van der Waals surface area contributed by atoms with Crippen molar-refractivity contribution < 1.29 is 0 Å². The number of para-hydroxylation sites is 1. The third kappa shape index (κ3) is 5.25. The van der Waals surface area contributed by atoms with E-state index in [1.807, 2.05) is 30.5 Å². The van der Waals surface area contributed by atoms with Crippen molar-refractivity contribution in [2.24, 2.45) is 29.1 Å². The van der Waals surface area contributed by atoms with Crippen LogP contribution in [0.4, 0.5) is 0 Å². The van der Waals surface area contributed by atoms with Crippen molar-refractivity contribution in [3.05, 3.63) is 264 Å². The number of aromatic nitrogens is 4. The fourth-order valence-corrected chi connectivity index (χ4v) is 18.6. The second-order valence-corrected chi connectivity index (χ2v) is 23.8. The number of hydrogen-bond acceptors (Lipinski definition) is 4. The molecule has 77 heavy (non-hydrogen) atoms. The van der Waals surface area contributed by atoms with Gasteiger partial charge in [-0.05, 0) is 158 Å². The van der Waals surface area contributed by atoms with Crippen LogP contribution in [-0.2, 0) is 16.2 Å². The molecule has 0 saturated heterocycles. The molecule has 19 rings (SSSR count). The third-order valence-electron chi connectivity index (χ3n) is 21.0. The molecule has 0 radical (unpaired) electrons. The Balaban J connectivity index is 0.776. The maximum Gasteiger partial charge on any atom is 0.164 e. The molecule has 6 fully saturated rings. The van der Waals surface area contributed by atoms with E-state index in [1.165, 1.54) is 76.6 Å². The highest BCUT2D eigenvalue weighted by molar-refractivity contribution is 5.94. The van der Waals surface area contributed by atoms with Gasteiger partial charge in [-0.25, -0.2) is 15.0 Å². The summed E-state index contributed by atoms with van der Waals surface area (Å²) in [5.74, 6) is 5.41. The summed E-state index contributed by atoms with van der Waals surface area (Å²) < 4.78 is 0. The van der Waals surface area contributed by atoms with Crippen molar-refractivity contribution in [3.63, 3.8) is 0 Å². The molecule has 4 heteroatoms. The van der Waals surface area contributed by atoms with Gasteiger partial charge in [0.2, 0.25) is 0 Å². The second-order valence-electron chi connectivity index (χ2n) is 23.8. The predicted molar refractivity (Wildman–Crippen MR) is 308 cm³/mol. The highest BCUT2D eigenvalue weighted by Gasteiger charge is 2.92. The quantitative estimate of drug-likeness (QED) is 0.167. The first-order valence-corrected chi connectivity index (χ1v) is 28.0. The average molecular weight is 985 g/mol. The van der Waals surface area contributed by atoms with Crippen LogP contribution in [-0.4, -0.2) is 19.9 Å². The van der Waals surface area contributed by atoms with Gasteiger partial charge in [-0.1, -0.05) is 200 Å². The van der Waals surface area contributed by atoms with E-state index in [-0.39, 0.29) is 10.8 Å². The number of rotatable bonds is 6. The standard InChI is InChI=1S/C73H52N4/c1-2-14-46(15-3-1)67-75-68(47-31-29-44(30-32-47)55-24-12-16-45-21-13-35-74-66(45)55)77-69(76-67)52-20-11-19-50(37-52)48-17-10-18-49(36-48)51-33-34-62-65(38-51)72(59-25-6-4-22-56(59)57-23-5-7-26-60(57)72)63-28-9-8-27-61(63)71-42-54-40-58-53-39-64(58)73(54,71)70(62,41-53)43-71/h1-38,53-54,58,64H,39-43H2/t53?,54-,58+,64-,70?,71?,73?/m0/s1. The van der Waals surface area contributed by atoms with Gasteiger partial charge < -0.3 is 0 Å². The number of benzene rings is 9. The van der Waals surface area contributed by atoms with Gasteiger partial charge in [-0.2, -0.15) is 0 Å². The van der Waals surface area contributed by atoms with Gasteiger partial charge in [0.1, 0.15) is 0 Å². The van der Waals surface area contributed by atoms with Gasteiger partial charge in [-0.3, -0.25) is 4.98 Å². The van der Waals surface area contributed by atoms with E-state index in [4.69, 9.17) is 19.9 Å². The molecule has 11 aromatic rings. The molecule has 0 N–H and O–H groups in total. The Morgan fingerprint density at radius 3 is 1.62 bits per heavy atom. The molecule has 4 nitrogen and oxygen atoms in total. The van der Waals surface area contributed by atoms with Crippen molar-refractivity contribution in [1.82, 2.24) is 19.9 Å². The smallest absolute Gasteiger partial charge is 0.164 e. The summed E-state index contributed by atoms with van der Waals surface area (Å²) >= 11 is 0. The lowest BCUT2D eigenvalue weighted by Crippen LogP contribution is -2.85. The SMILES string of the molecule is c1ccc(-c2nc(-c3ccc(-c4cccc5cccnc45)cc3)nc(-c3cccc(-c4cccc(-c5ccc6c(c5)C5(c7ccccc7-c7ccccc75)c5ccccc5C57C[C@@H]8C[C@@H]9C%10C[C@@H]9C85C6(C%10)C7)c4)c3)n2)cc1. The third-order valence-corrected chi connectivity index (χ3v) is 21.0. The Morgan fingerprint density at radius 2 is 0.883 bits per heavy atom. The zero-order valence-electron chi connectivity index (χ0n) is 42.6. The minimum absolute atomic E-state index is 0.202. The normalized spacial score (nSPS) is 25.4. The Bertz CT molecular complexity index is 4280. The molecular weight excluding hydrogens is 933 g/mol. The van der Waals surface area contributed by atoms with E-state index in [0.717, 1.165) is 73.5 Å². The first kappa shape index (κ1) is 42.6. The van der Waals surface area contributed by atoms with Gasteiger partial charge in [0.15, 0.2) is 17.5 Å². The summed E-state index contributed by atoms with van der Waals surface area (Å²) in [6, 6.07) is 83.8. The zero-order chi connectivity index (χ0) is 50.2. The van der Waals surface area contributed by atoms with Crippen LogP contribution in [0.3, 0.4) is 0 Å². The Morgan fingerprint density at radius 1 is 0.364 bits per heavy atom. The van der Waals surface area contributed by atoms with Gasteiger partial charge >= 0.3 is 0 Å². The Labute approximate surface area is 448 Å². The highest BCUT2D eigenvalue weighted by Crippen LogP contribution is 2.96. The average Bonchev–Trinajstić information content (AvgIpc) is 2.72. The molecule has 6 saturated carbocycles. The molecule has 2 heterocycles. The first-order valence-electron chi connectivity index (χ1n) is 28.0. The van der Waals surface area contributed by atoms with Gasteiger partial charge in [0.05, 0.1) is 10.9 Å². The van der Waals surface area contributed by atoms with Crippen LogP contribution < -0.4 is 0 Å². The van der Waals surface area contributed by atoms with Gasteiger partial charge in [0.25, 0.3) is 0 Å². The number of nitrogens with zero attached hydrogens (tertiary/aromatic N) is 4. The van der Waals surface area contributed by atoms with Crippen LogP contribution in [0, 0.1) is 29.1 Å². The summed E-state index contributed by atoms with van der Waals surface area (Å²) in [6.45, 7) is 0. The number of hydrogen-bond donors (Lipinski definition) is 0. The van der Waals surface area contributed by atoms with Crippen molar-refractivity contribution >= 4 is 10.9 Å². The maximum atomic E-state index is 5.22. The van der Waals surface area contributed by atoms with Crippen molar-refractivity contribution in [2.75, 3.05) is 0 Å². The fraction of sp³-hybridized carbons (Fsp3) is 0.178. The van der Waals surface area contributed by atoms with Crippen LogP contribution in [0.5, 0.6) is 0 Å². The monoisotopic (exact) mass is 984 g/mol. The van der Waals surface area contributed by atoms with Crippen molar-refractivity contribution in [1.29, 1.82) is 0 Å². The molecule has 4 unspecified atom stereocenters. The van der Waals surface area contributed by atoms with E-state index in [0.29, 0.717) is 22.9 Å². The van der Waals surface area contributed by atoms with E-state index in [9.17, 15) is 0 Å². The summed E-state index contributed by atoms with van der Waals surface area (Å²) in [5, 5.41) is 1.12. The van der Waals surface area contributed by atoms with E-state index >= 15 is 0 Å². The second kappa shape index (κ2) is 15.1. The Kier molecular flexibility index (Phi) is 8.34. The van der Waals surface area contributed by atoms with Crippen molar-refractivity contribution in [3.8, 4) is 78.7 Å². The maximum absolute atomic E-state index is 5.22. The van der Waals surface area contributed by atoms with E-state index in [2.05, 4.69) is 200 Å². The molecule has 8 aliphatic carbocycles. The molecular formula is C73H52N4. The first-order chi connectivity index (χ1) is 38.1. The van der Waals surface area contributed by atoms with Crippen LogP contribution in [0.15, 0.2) is 231 Å². The van der Waals surface area contributed by atoms with Crippen molar-refractivity contribution in [2.45, 2.75) is 48.3 Å². The summed E-state index contributed by atoms with van der Waals surface area (Å²) in [7, 11) is 0. The highest BCUT2D eigenvalue weighted by atomic mass is 15.0. The van der Waals surface area contributed by atoms with Gasteiger partial charge in [0, 0.05) is 44.7 Å². The fourth-order valence-electron chi connectivity index (χ4n) is 18.6.